The maximum absolute atomic E-state index is 10.7. The normalized spacial score (nSPS) is 15.0. The number of nitrogens with zero attached hydrogens (tertiary/aromatic N) is 1. The second kappa shape index (κ2) is 2.85. The Morgan fingerprint density at radius 1 is 1.67 bits per heavy atom. The first-order valence-electron chi connectivity index (χ1n) is 3.71. The van der Waals surface area contributed by atoms with Crippen LogP contribution in [0.25, 0.3) is 0 Å². The summed E-state index contributed by atoms with van der Waals surface area (Å²) in [5.41, 5.74) is 2.42. The van der Waals surface area contributed by atoms with Crippen molar-refractivity contribution in [3.63, 3.8) is 0 Å². The minimum Gasteiger partial charge on any atom is -0.372 e. The lowest BCUT2D eigenvalue weighted by molar-refractivity contribution is 0.112. The van der Waals surface area contributed by atoms with E-state index in [-0.39, 0.29) is 0 Å². The van der Waals surface area contributed by atoms with Gasteiger partial charge >= 0.3 is 0 Å². The Hall–Kier alpha value is -0.350. The van der Waals surface area contributed by atoms with E-state index in [1.165, 1.54) is 22.6 Å². The van der Waals surface area contributed by atoms with Crippen molar-refractivity contribution in [3.05, 3.63) is 14.2 Å². The van der Waals surface area contributed by atoms with Crippen LogP contribution in [0.2, 0.25) is 0 Å². The molecule has 0 bridgehead atoms. The van der Waals surface area contributed by atoms with Crippen LogP contribution < -0.4 is 4.90 Å². The van der Waals surface area contributed by atoms with Crippen LogP contribution in [0.5, 0.6) is 0 Å². The minimum atomic E-state index is 0.876. The highest BCUT2D eigenvalue weighted by molar-refractivity contribution is 9.11. The first-order chi connectivity index (χ1) is 5.74. The fourth-order valence-electron chi connectivity index (χ4n) is 1.55. The number of thiophene rings is 1. The highest BCUT2D eigenvalue weighted by atomic mass is 79.9. The molecule has 0 fully saturated rings. The molecule has 12 heavy (non-hydrogen) atoms. The third-order valence-electron chi connectivity index (χ3n) is 2.15. The maximum Gasteiger partial charge on any atom is 0.160 e. The zero-order chi connectivity index (χ0) is 8.72. The Morgan fingerprint density at radius 3 is 3.08 bits per heavy atom. The van der Waals surface area contributed by atoms with Crippen LogP contribution in [0.4, 0.5) is 5.69 Å². The first-order valence-corrected chi connectivity index (χ1v) is 5.32. The molecule has 1 aliphatic heterocycles. The van der Waals surface area contributed by atoms with Crippen LogP contribution >= 0.6 is 27.3 Å². The number of hydrogen-bond donors (Lipinski definition) is 0. The number of fused-ring (bicyclic) bond motifs is 1. The monoisotopic (exact) mass is 245 g/mol. The summed E-state index contributed by atoms with van der Waals surface area (Å²) in [5, 5.41) is 0. The topological polar surface area (TPSA) is 20.3 Å². The van der Waals surface area contributed by atoms with E-state index < -0.39 is 0 Å². The minimum absolute atomic E-state index is 0.876. The number of carbonyl (C=O) groups is 1. The predicted molar refractivity (Wildman–Crippen MR) is 54.4 cm³/mol. The van der Waals surface area contributed by atoms with Crippen LogP contribution in [0, 0.1) is 0 Å². The highest BCUT2D eigenvalue weighted by Gasteiger charge is 2.24. The van der Waals surface area contributed by atoms with Gasteiger partial charge in [0.15, 0.2) is 6.29 Å². The number of rotatable bonds is 1. The van der Waals surface area contributed by atoms with Crippen molar-refractivity contribution in [2.75, 3.05) is 18.5 Å². The lowest BCUT2D eigenvalue weighted by Crippen LogP contribution is -2.12. The molecule has 4 heteroatoms. The predicted octanol–water partition coefficient (Wildman–Crippen LogP) is 2.32. The van der Waals surface area contributed by atoms with Gasteiger partial charge in [-0.05, 0) is 27.9 Å². The van der Waals surface area contributed by atoms with E-state index in [0.29, 0.717) is 0 Å². The number of aldehydes is 1. The molecule has 0 unspecified atom stereocenters. The number of hydrogen-bond acceptors (Lipinski definition) is 3. The Bertz CT molecular complexity index is 334. The molecule has 64 valence electrons. The largest absolute Gasteiger partial charge is 0.372 e. The van der Waals surface area contributed by atoms with Crippen molar-refractivity contribution in [3.8, 4) is 0 Å². The van der Waals surface area contributed by atoms with E-state index in [9.17, 15) is 4.79 Å². The van der Waals surface area contributed by atoms with E-state index in [2.05, 4.69) is 27.9 Å². The highest BCUT2D eigenvalue weighted by Crippen LogP contribution is 2.42. The Morgan fingerprint density at radius 2 is 2.42 bits per heavy atom. The lowest BCUT2D eigenvalue weighted by Gasteiger charge is -2.09. The van der Waals surface area contributed by atoms with Gasteiger partial charge in [-0.15, -0.1) is 11.3 Å². The molecule has 0 aliphatic carbocycles. The van der Waals surface area contributed by atoms with Crippen LogP contribution in [-0.2, 0) is 6.42 Å². The molecule has 1 aliphatic rings. The van der Waals surface area contributed by atoms with Crippen molar-refractivity contribution in [1.29, 1.82) is 0 Å². The summed E-state index contributed by atoms with van der Waals surface area (Å²) in [6.07, 6.45) is 1.95. The van der Waals surface area contributed by atoms with Gasteiger partial charge in [-0.1, -0.05) is 0 Å². The summed E-state index contributed by atoms with van der Waals surface area (Å²) in [6, 6.07) is 0. The molecule has 1 aromatic heterocycles. The molecule has 0 aromatic carbocycles. The Balaban J connectivity index is 2.60. The molecular weight excluding hydrogens is 238 g/mol. The molecule has 0 N–H and O–H groups in total. The summed E-state index contributed by atoms with van der Waals surface area (Å²) in [4.78, 5) is 13.7. The van der Waals surface area contributed by atoms with E-state index in [0.717, 1.165) is 27.9 Å². The van der Waals surface area contributed by atoms with E-state index in [1.54, 1.807) is 0 Å². The van der Waals surface area contributed by atoms with E-state index in [4.69, 9.17) is 0 Å². The fraction of sp³-hybridized carbons (Fsp3) is 0.375. The molecule has 0 spiro atoms. The van der Waals surface area contributed by atoms with Crippen molar-refractivity contribution in [2.45, 2.75) is 6.42 Å². The van der Waals surface area contributed by atoms with Crippen LogP contribution in [-0.4, -0.2) is 19.9 Å². The average Bonchev–Trinajstić information content (AvgIpc) is 2.55. The molecule has 0 saturated carbocycles. The average molecular weight is 246 g/mol. The quantitative estimate of drug-likeness (QED) is 0.709. The molecule has 2 heterocycles. The number of halogens is 1. The molecule has 1 aromatic rings. The molecule has 0 saturated heterocycles. The zero-order valence-corrected chi connectivity index (χ0v) is 9.04. The molecule has 2 nitrogen and oxygen atoms in total. The SMILES string of the molecule is CN1CCc2c(C=O)sc(Br)c21. The van der Waals surface area contributed by atoms with Crippen molar-refractivity contribution >= 4 is 39.2 Å². The van der Waals surface area contributed by atoms with Gasteiger partial charge < -0.3 is 4.90 Å². The number of anilines is 1. The molecule has 2 rings (SSSR count). The summed E-state index contributed by atoms with van der Waals surface area (Å²) < 4.78 is 1.08. The molecule has 0 amide bonds. The van der Waals surface area contributed by atoms with Gasteiger partial charge in [-0.2, -0.15) is 0 Å². The Kier molecular flexibility index (Phi) is 1.96. The summed E-state index contributed by atoms with van der Waals surface area (Å²) >= 11 is 4.99. The second-order valence-corrected chi connectivity index (χ2v) is 5.23. The smallest absolute Gasteiger partial charge is 0.160 e. The maximum atomic E-state index is 10.7. The standard InChI is InChI=1S/C8H8BrNOS/c1-10-3-2-5-6(4-11)12-8(9)7(5)10/h4H,2-3H2,1H3. The van der Waals surface area contributed by atoms with Crippen molar-refractivity contribution in [2.24, 2.45) is 0 Å². The van der Waals surface area contributed by atoms with Crippen LogP contribution in [0.3, 0.4) is 0 Å². The summed E-state index contributed by atoms with van der Waals surface area (Å²) in [7, 11) is 2.05. The zero-order valence-electron chi connectivity index (χ0n) is 6.63. The van der Waals surface area contributed by atoms with Crippen molar-refractivity contribution in [1.82, 2.24) is 0 Å². The third kappa shape index (κ3) is 1.02. The molecular formula is C8H8BrNOS. The van der Waals surface area contributed by atoms with E-state index in [1.807, 2.05) is 0 Å². The molecule has 0 radical (unpaired) electrons. The van der Waals surface area contributed by atoms with Crippen LogP contribution in [0.1, 0.15) is 15.2 Å². The number of likely N-dealkylation sites (N-methyl/N-ethyl adjacent to an activating group) is 1. The van der Waals surface area contributed by atoms with Crippen molar-refractivity contribution < 1.29 is 4.79 Å². The van der Waals surface area contributed by atoms with Gasteiger partial charge in [0.1, 0.15) is 0 Å². The van der Waals surface area contributed by atoms with Gasteiger partial charge in [-0.25, -0.2) is 0 Å². The first kappa shape index (κ1) is 8.26. The lowest BCUT2D eigenvalue weighted by atomic mass is 10.2. The van der Waals surface area contributed by atoms with Gasteiger partial charge in [0.2, 0.25) is 0 Å². The van der Waals surface area contributed by atoms with Gasteiger partial charge in [-0.3, -0.25) is 4.79 Å². The van der Waals surface area contributed by atoms with Gasteiger partial charge in [0.05, 0.1) is 14.4 Å². The number of carbonyl (C=O) groups excluding carboxylic acids is 1. The Labute approximate surface area is 83.3 Å². The van der Waals surface area contributed by atoms with E-state index >= 15 is 0 Å². The van der Waals surface area contributed by atoms with Crippen LogP contribution in [0.15, 0.2) is 3.79 Å². The fourth-order valence-corrected chi connectivity index (χ4v) is 3.55. The third-order valence-corrected chi connectivity index (χ3v) is 3.95. The van der Waals surface area contributed by atoms with Gasteiger partial charge in [0, 0.05) is 13.6 Å². The summed E-state index contributed by atoms with van der Waals surface area (Å²) in [5.74, 6) is 0. The van der Waals surface area contributed by atoms with Gasteiger partial charge in [0.25, 0.3) is 0 Å². The second-order valence-electron chi connectivity index (χ2n) is 2.86. The summed E-state index contributed by atoms with van der Waals surface area (Å²) in [6.45, 7) is 1.03. The molecule has 0 atom stereocenters.